The molecule has 0 saturated carbocycles. The largest absolute Gasteiger partial charge is 0.308 e. The number of hydrogen-bond acceptors (Lipinski definition) is 7. The van der Waals surface area contributed by atoms with Gasteiger partial charge in [0.05, 0.1) is 11.5 Å². The highest BCUT2D eigenvalue weighted by molar-refractivity contribution is 6.28. The number of unbranched alkanes of at least 4 members (excludes halogenated alkanes) is 1. The standard InChI is InChI=1S/C18H18ClN9O2/c1-2-3-4-15-20-18(19)23-27(15)11-12-5-7-13(8-6-12)26-10-9-14(28(29)30)16(26)17-21-24-25-22-17/h5-10H,2-4,11H2,1H3,(H,21,22,24,25). The Morgan fingerprint density at radius 3 is 2.70 bits per heavy atom. The molecule has 0 aliphatic carbocycles. The summed E-state index contributed by atoms with van der Waals surface area (Å²) in [6.07, 6.45) is 4.51. The maximum atomic E-state index is 11.4. The molecule has 0 aliphatic rings. The van der Waals surface area contributed by atoms with Gasteiger partial charge in [-0.3, -0.25) is 10.1 Å². The van der Waals surface area contributed by atoms with Crippen molar-refractivity contribution in [3.63, 3.8) is 0 Å². The van der Waals surface area contributed by atoms with Crippen LogP contribution in [0, 0.1) is 10.1 Å². The van der Waals surface area contributed by atoms with Gasteiger partial charge >= 0.3 is 0 Å². The third-order valence-corrected chi connectivity index (χ3v) is 4.81. The summed E-state index contributed by atoms with van der Waals surface area (Å²) in [6.45, 7) is 2.65. The predicted octanol–water partition coefficient (Wildman–Crippen LogP) is 3.20. The Morgan fingerprint density at radius 1 is 1.23 bits per heavy atom. The van der Waals surface area contributed by atoms with Crippen LogP contribution in [0.3, 0.4) is 0 Å². The maximum Gasteiger partial charge on any atom is 0.298 e. The lowest BCUT2D eigenvalue weighted by molar-refractivity contribution is -0.384. The normalized spacial score (nSPS) is 11.1. The van der Waals surface area contributed by atoms with E-state index in [0.717, 1.165) is 36.3 Å². The van der Waals surface area contributed by atoms with E-state index >= 15 is 0 Å². The first-order valence-electron chi connectivity index (χ1n) is 9.35. The number of aromatic nitrogens is 8. The van der Waals surface area contributed by atoms with Crippen LogP contribution in [0.2, 0.25) is 5.28 Å². The Labute approximate surface area is 175 Å². The van der Waals surface area contributed by atoms with Crippen LogP contribution in [-0.2, 0) is 13.0 Å². The molecule has 0 radical (unpaired) electrons. The summed E-state index contributed by atoms with van der Waals surface area (Å²) < 4.78 is 3.47. The minimum Gasteiger partial charge on any atom is -0.308 e. The topological polar surface area (TPSA) is 133 Å². The van der Waals surface area contributed by atoms with E-state index < -0.39 is 4.92 Å². The van der Waals surface area contributed by atoms with Gasteiger partial charge in [0.15, 0.2) is 5.69 Å². The third kappa shape index (κ3) is 3.92. The zero-order chi connectivity index (χ0) is 21.1. The van der Waals surface area contributed by atoms with Gasteiger partial charge in [-0.25, -0.2) is 14.8 Å². The lowest BCUT2D eigenvalue weighted by Gasteiger charge is -2.09. The van der Waals surface area contributed by atoms with Crippen molar-refractivity contribution in [1.29, 1.82) is 0 Å². The van der Waals surface area contributed by atoms with Crippen LogP contribution in [0.5, 0.6) is 0 Å². The van der Waals surface area contributed by atoms with E-state index in [1.807, 2.05) is 24.3 Å². The van der Waals surface area contributed by atoms with Crippen molar-refractivity contribution in [1.82, 2.24) is 40.0 Å². The molecule has 3 aromatic heterocycles. The summed E-state index contributed by atoms with van der Waals surface area (Å²) in [5.41, 5.74) is 1.93. The molecule has 4 rings (SSSR count). The van der Waals surface area contributed by atoms with Crippen molar-refractivity contribution >= 4 is 17.3 Å². The highest BCUT2D eigenvalue weighted by atomic mass is 35.5. The Balaban J connectivity index is 1.62. The molecular formula is C18H18ClN9O2. The van der Waals surface area contributed by atoms with Crippen LogP contribution < -0.4 is 0 Å². The molecule has 154 valence electrons. The Bertz CT molecular complexity index is 1150. The fourth-order valence-electron chi connectivity index (χ4n) is 3.20. The van der Waals surface area contributed by atoms with Gasteiger partial charge in [-0.15, -0.1) is 10.2 Å². The lowest BCUT2D eigenvalue weighted by Crippen LogP contribution is -2.07. The van der Waals surface area contributed by atoms with Crippen LogP contribution in [0.25, 0.3) is 17.2 Å². The molecule has 11 nitrogen and oxygen atoms in total. The average Bonchev–Trinajstić information content (AvgIpc) is 3.46. The van der Waals surface area contributed by atoms with Crippen molar-refractivity contribution in [3.05, 3.63) is 63.3 Å². The first kappa shape index (κ1) is 19.7. The van der Waals surface area contributed by atoms with Gasteiger partial charge in [0.25, 0.3) is 5.69 Å². The Hall–Kier alpha value is -3.60. The van der Waals surface area contributed by atoms with Crippen molar-refractivity contribution < 1.29 is 4.92 Å². The SMILES string of the molecule is CCCCc1nc(Cl)nn1Cc1ccc(-n2ccc([N+](=O)[O-])c2-c2nnn[nH]2)cc1. The van der Waals surface area contributed by atoms with Crippen LogP contribution in [-0.4, -0.2) is 44.9 Å². The molecule has 30 heavy (non-hydrogen) atoms. The summed E-state index contributed by atoms with van der Waals surface area (Å²) in [7, 11) is 0. The Morgan fingerprint density at radius 2 is 2.03 bits per heavy atom. The number of rotatable bonds is 8. The van der Waals surface area contributed by atoms with Gasteiger partial charge < -0.3 is 4.57 Å². The first-order chi connectivity index (χ1) is 14.6. The van der Waals surface area contributed by atoms with E-state index in [9.17, 15) is 10.1 Å². The smallest absolute Gasteiger partial charge is 0.298 e. The van der Waals surface area contributed by atoms with Gasteiger partial charge in [-0.2, -0.15) is 0 Å². The zero-order valence-corrected chi connectivity index (χ0v) is 16.8. The van der Waals surface area contributed by atoms with Gasteiger partial charge in [0.2, 0.25) is 11.1 Å². The summed E-state index contributed by atoms with van der Waals surface area (Å²) in [5.74, 6) is 1.07. The van der Waals surface area contributed by atoms with Gasteiger partial charge in [0, 0.05) is 24.4 Å². The summed E-state index contributed by atoms with van der Waals surface area (Å²) in [4.78, 5) is 15.2. The number of aromatic amines is 1. The summed E-state index contributed by atoms with van der Waals surface area (Å²) in [6, 6.07) is 9.03. The molecule has 0 bridgehead atoms. The monoisotopic (exact) mass is 427 g/mol. The highest BCUT2D eigenvalue weighted by Gasteiger charge is 2.24. The van der Waals surface area contributed by atoms with Gasteiger partial charge in [-0.05, 0) is 46.1 Å². The van der Waals surface area contributed by atoms with Gasteiger partial charge in [-0.1, -0.05) is 25.5 Å². The van der Waals surface area contributed by atoms with Crippen molar-refractivity contribution in [2.24, 2.45) is 0 Å². The van der Waals surface area contributed by atoms with Crippen LogP contribution in [0.1, 0.15) is 31.2 Å². The average molecular weight is 428 g/mol. The van der Waals surface area contributed by atoms with E-state index in [1.54, 1.807) is 15.4 Å². The highest BCUT2D eigenvalue weighted by Crippen LogP contribution is 2.31. The number of nitrogens with one attached hydrogen (secondary N) is 1. The molecule has 0 unspecified atom stereocenters. The van der Waals surface area contributed by atoms with Crippen LogP contribution in [0.15, 0.2) is 36.5 Å². The molecule has 4 aromatic rings. The molecule has 1 aromatic carbocycles. The third-order valence-electron chi connectivity index (χ3n) is 4.65. The molecule has 0 amide bonds. The number of nitro groups is 1. The van der Waals surface area contributed by atoms with Crippen LogP contribution in [0.4, 0.5) is 5.69 Å². The molecular weight excluding hydrogens is 410 g/mol. The number of tetrazole rings is 1. The number of nitrogens with zero attached hydrogens (tertiary/aromatic N) is 8. The molecule has 0 spiro atoms. The Kier molecular flexibility index (Phi) is 5.53. The van der Waals surface area contributed by atoms with E-state index in [2.05, 4.69) is 37.6 Å². The number of halogens is 1. The van der Waals surface area contributed by atoms with E-state index in [1.165, 1.54) is 6.07 Å². The number of H-pyrrole nitrogens is 1. The van der Waals surface area contributed by atoms with Crippen molar-refractivity contribution in [2.45, 2.75) is 32.7 Å². The fraction of sp³-hybridized carbons (Fsp3) is 0.278. The van der Waals surface area contributed by atoms with Gasteiger partial charge in [0.1, 0.15) is 5.82 Å². The lowest BCUT2D eigenvalue weighted by atomic mass is 10.2. The van der Waals surface area contributed by atoms with Crippen molar-refractivity contribution in [2.75, 3.05) is 0 Å². The first-order valence-corrected chi connectivity index (χ1v) is 9.73. The second kappa shape index (κ2) is 8.41. The second-order valence-electron chi connectivity index (χ2n) is 6.65. The predicted molar refractivity (Wildman–Crippen MR) is 108 cm³/mol. The second-order valence-corrected chi connectivity index (χ2v) is 6.99. The summed E-state index contributed by atoms with van der Waals surface area (Å²) >= 11 is 5.99. The molecule has 0 fully saturated rings. The molecule has 3 heterocycles. The molecule has 12 heteroatoms. The number of benzene rings is 1. The van der Waals surface area contributed by atoms with Crippen molar-refractivity contribution in [3.8, 4) is 17.2 Å². The molecule has 0 saturated heterocycles. The zero-order valence-electron chi connectivity index (χ0n) is 16.1. The summed E-state index contributed by atoms with van der Waals surface area (Å²) in [5, 5.41) is 29.4. The number of aryl methyl sites for hydroxylation is 1. The maximum absolute atomic E-state index is 11.4. The quantitative estimate of drug-likeness (QED) is 0.337. The minimum absolute atomic E-state index is 0.0875. The molecule has 0 atom stereocenters. The van der Waals surface area contributed by atoms with Crippen LogP contribution >= 0.6 is 11.6 Å². The fourth-order valence-corrected chi connectivity index (χ4v) is 3.39. The van der Waals surface area contributed by atoms with E-state index in [0.29, 0.717) is 6.54 Å². The molecule has 1 N–H and O–H groups in total. The number of hydrogen-bond donors (Lipinski definition) is 1. The minimum atomic E-state index is -0.463. The van der Waals surface area contributed by atoms with E-state index in [4.69, 9.17) is 11.6 Å². The molecule has 0 aliphatic heterocycles. The van der Waals surface area contributed by atoms with E-state index in [-0.39, 0.29) is 22.5 Å².